The van der Waals surface area contributed by atoms with Crippen molar-refractivity contribution < 1.29 is 19.2 Å². The lowest BCUT2D eigenvalue weighted by Gasteiger charge is -2.07. The largest absolute Gasteiger partial charge is 0.497 e. The number of nitrogens with one attached hydrogen (secondary N) is 1. The van der Waals surface area contributed by atoms with Crippen LogP contribution in [0.15, 0.2) is 18.2 Å². The molecule has 0 amide bonds. The molecule has 0 aliphatic rings. The Morgan fingerprint density at radius 2 is 2.18 bits per heavy atom. The number of hydrogen-bond donors (Lipinski definition) is 1. The number of benzene rings is 1. The molecular formula is C10H12N2O5. The number of carbonyl (C=O) groups is 1. The third-order valence-corrected chi connectivity index (χ3v) is 2.05. The Bertz CT molecular complexity index is 433. The molecule has 1 aromatic rings. The van der Waals surface area contributed by atoms with E-state index in [4.69, 9.17) is 4.74 Å². The molecule has 0 saturated carbocycles. The van der Waals surface area contributed by atoms with Crippen molar-refractivity contribution in [3.8, 4) is 5.75 Å². The zero-order valence-corrected chi connectivity index (χ0v) is 9.43. The van der Waals surface area contributed by atoms with E-state index in [0.29, 0.717) is 5.75 Å². The number of nitro groups is 1. The fraction of sp³-hybridized carbons (Fsp3) is 0.300. The molecule has 0 spiro atoms. The minimum absolute atomic E-state index is 0.130. The highest BCUT2D eigenvalue weighted by Gasteiger charge is 2.15. The van der Waals surface area contributed by atoms with E-state index in [0.717, 1.165) is 0 Å². The first kappa shape index (κ1) is 12.8. The van der Waals surface area contributed by atoms with Gasteiger partial charge in [-0.15, -0.1) is 0 Å². The Hall–Kier alpha value is -2.31. The highest BCUT2D eigenvalue weighted by Crippen LogP contribution is 2.28. The van der Waals surface area contributed by atoms with Crippen molar-refractivity contribution in [1.29, 1.82) is 0 Å². The number of hydrogen-bond acceptors (Lipinski definition) is 6. The molecular weight excluding hydrogens is 228 g/mol. The normalized spacial score (nSPS) is 9.53. The highest BCUT2D eigenvalue weighted by molar-refractivity contribution is 5.77. The number of nitro benzene ring substituents is 1. The summed E-state index contributed by atoms with van der Waals surface area (Å²) in [4.78, 5) is 21.1. The summed E-state index contributed by atoms with van der Waals surface area (Å²) in [5.41, 5.74) is 0.0782. The minimum atomic E-state index is -0.543. The Labute approximate surface area is 97.5 Å². The molecule has 1 N–H and O–H groups in total. The summed E-state index contributed by atoms with van der Waals surface area (Å²) in [5, 5.41) is 13.4. The van der Waals surface area contributed by atoms with Gasteiger partial charge in [0.15, 0.2) is 0 Å². The van der Waals surface area contributed by atoms with Crippen molar-refractivity contribution in [1.82, 2.24) is 0 Å². The van der Waals surface area contributed by atoms with Gasteiger partial charge in [-0.3, -0.25) is 14.9 Å². The Kier molecular flexibility index (Phi) is 4.27. The molecule has 92 valence electrons. The second-order valence-electron chi connectivity index (χ2n) is 3.07. The number of esters is 1. The standard InChI is InChI=1S/C10H12N2O5/c1-16-7-3-4-9(12(14)15)8(5-7)11-6-10(13)17-2/h3-5,11H,6H2,1-2H3. The molecule has 0 heterocycles. The third kappa shape index (κ3) is 3.33. The molecule has 0 fully saturated rings. The second kappa shape index (κ2) is 5.69. The van der Waals surface area contributed by atoms with Gasteiger partial charge in [-0.1, -0.05) is 0 Å². The molecule has 0 atom stereocenters. The summed E-state index contributed by atoms with van der Waals surface area (Å²) in [5.74, 6) is -0.0508. The van der Waals surface area contributed by atoms with Crippen LogP contribution in [0.25, 0.3) is 0 Å². The van der Waals surface area contributed by atoms with Crippen LogP contribution in [0.2, 0.25) is 0 Å². The highest BCUT2D eigenvalue weighted by atomic mass is 16.6. The molecule has 7 nitrogen and oxygen atoms in total. The van der Waals surface area contributed by atoms with Crippen LogP contribution >= 0.6 is 0 Å². The van der Waals surface area contributed by atoms with Crippen molar-refractivity contribution in [2.45, 2.75) is 0 Å². The van der Waals surface area contributed by atoms with Crippen molar-refractivity contribution in [2.75, 3.05) is 26.1 Å². The van der Waals surface area contributed by atoms with Gasteiger partial charge in [-0.2, -0.15) is 0 Å². The predicted octanol–water partition coefficient (Wildman–Crippen LogP) is 1.19. The maximum atomic E-state index is 10.9. The van der Waals surface area contributed by atoms with Crippen LogP contribution in [0.1, 0.15) is 0 Å². The maximum absolute atomic E-state index is 10.9. The van der Waals surface area contributed by atoms with Crippen molar-refractivity contribution in [3.05, 3.63) is 28.3 Å². The van der Waals surface area contributed by atoms with Crippen LogP contribution in [0, 0.1) is 10.1 Å². The molecule has 0 bridgehead atoms. The molecule has 1 aromatic carbocycles. The summed E-state index contributed by atoms with van der Waals surface area (Å²) in [6, 6.07) is 4.22. The number of anilines is 1. The number of methoxy groups -OCH3 is 2. The van der Waals surface area contributed by atoms with E-state index in [2.05, 4.69) is 10.1 Å². The first-order valence-electron chi connectivity index (χ1n) is 4.71. The molecule has 0 aliphatic carbocycles. The minimum Gasteiger partial charge on any atom is -0.497 e. The summed E-state index contributed by atoms with van der Waals surface area (Å²) in [6.45, 7) is -0.148. The summed E-state index contributed by atoms with van der Waals surface area (Å²) in [7, 11) is 2.69. The first-order chi connectivity index (χ1) is 8.08. The van der Waals surface area contributed by atoms with Crippen LogP contribution in [-0.2, 0) is 9.53 Å². The van der Waals surface area contributed by atoms with Crippen molar-refractivity contribution in [3.63, 3.8) is 0 Å². The lowest BCUT2D eigenvalue weighted by molar-refractivity contribution is -0.384. The fourth-order valence-electron chi connectivity index (χ4n) is 1.18. The third-order valence-electron chi connectivity index (χ3n) is 2.05. The average Bonchev–Trinajstić information content (AvgIpc) is 2.35. The van der Waals surface area contributed by atoms with Gasteiger partial charge >= 0.3 is 5.97 Å². The van der Waals surface area contributed by atoms with Crippen molar-refractivity contribution in [2.24, 2.45) is 0 Å². The van der Waals surface area contributed by atoms with Crippen LogP contribution in [0.4, 0.5) is 11.4 Å². The predicted molar refractivity (Wildman–Crippen MR) is 60.2 cm³/mol. The van der Waals surface area contributed by atoms with Crippen LogP contribution < -0.4 is 10.1 Å². The van der Waals surface area contributed by atoms with E-state index in [-0.39, 0.29) is 17.9 Å². The quantitative estimate of drug-likeness (QED) is 0.472. The molecule has 0 aromatic heterocycles. The lowest BCUT2D eigenvalue weighted by atomic mass is 10.2. The first-order valence-corrected chi connectivity index (χ1v) is 4.71. The number of ether oxygens (including phenoxy) is 2. The molecule has 0 unspecified atom stereocenters. The van der Waals surface area contributed by atoms with Gasteiger partial charge in [0.1, 0.15) is 18.0 Å². The van der Waals surface area contributed by atoms with E-state index >= 15 is 0 Å². The number of carbonyl (C=O) groups excluding carboxylic acids is 1. The fourth-order valence-corrected chi connectivity index (χ4v) is 1.18. The second-order valence-corrected chi connectivity index (χ2v) is 3.07. The van der Waals surface area contributed by atoms with Gasteiger partial charge in [0.05, 0.1) is 19.1 Å². The van der Waals surface area contributed by atoms with E-state index in [1.165, 1.54) is 32.4 Å². The van der Waals surface area contributed by atoms with E-state index in [1.807, 2.05) is 0 Å². The monoisotopic (exact) mass is 240 g/mol. The maximum Gasteiger partial charge on any atom is 0.325 e. The van der Waals surface area contributed by atoms with Gasteiger partial charge in [0, 0.05) is 12.1 Å². The van der Waals surface area contributed by atoms with Crippen LogP contribution in [0.5, 0.6) is 5.75 Å². The van der Waals surface area contributed by atoms with E-state index in [1.54, 1.807) is 0 Å². The van der Waals surface area contributed by atoms with Gasteiger partial charge in [-0.25, -0.2) is 0 Å². The smallest absolute Gasteiger partial charge is 0.325 e. The van der Waals surface area contributed by atoms with E-state index in [9.17, 15) is 14.9 Å². The molecule has 17 heavy (non-hydrogen) atoms. The topological polar surface area (TPSA) is 90.7 Å². The molecule has 0 aliphatic heterocycles. The average molecular weight is 240 g/mol. The summed E-state index contributed by atoms with van der Waals surface area (Å²) >= 11 is 0. The number of nitrogens with zero attached hydrogens (tertiary/aromatic N) is 1. The zero-order valence-electron chi connectivity index (χ0n) is 9.43. The number of rotatable bonds is 5. The molecule has 0 radical (unpaired) electrons. The SMILES string of the molecule is COC(=O)CNc1cc(OC)ccc1[N+](=O)[O-]. The van der Waals surface area contributed by atoms with E-state index < -0.39 is 10.9 Å². The Morgan fingerprint density at radius 1 is 1.47 bits per heavy atom. The van der Waals surface area contributed by atoms with Gasteiger partial charge in [0.2, 0.25) is 0 Å². The van der Waals surface area contributed by atoms with Crippen molar-refractivity contribution >= 4 is 17.3 Å². The lowest BCUT2D eigenvalue weighted by Crippen LogP contribution is -2.15. The summed E-state index contributed by atoms with van der Waals surface area (Å²) in [6.07, 6.45) is 0. The van der Waals surface area contributed by atoms with Crippen LogP contribution in [-0.4, -0.2) is 31.7 Å². The van der Waals surface area contributed by atoms with Gasteiger partial charge in [0.25, 0.3) is 5.69 Å². The molecule has 7 heteroatoms. The molecule has 1 rings (SSSR count). The Balaban J connectivity index is 2.93. The van der Waals surface area contributed by atoms with Gasteiger partial charge in [-0.05, 0) is 6.07 Å². The van der Waals surface area contributed by atoms with Gasteiger partial charge < -0.3 is 14.8 Å². The molecule has 0 saturated heterocycles. The Morgan fingerprint density at radius 3 is 2.71 bits per heavy atom. The zero-order chi connectivity index (χ0) is 12.8. The summed E-state index contributed by atoms with van der Waals surface area (Å²) < 4.78 is 9.37. The van der Waals surface area contributed by atoms with Crippen LogP contribution in [0.3, 0.4) is 0 Å².